The van der Waals surface area contributed by atoms with Gasteiger partial charge >= 0.3 is 82.5 Å². The molecule has 0 aliphatic heterocycles. The van der Waals surface area contributed by atoms with E-state index >= 15 is 0 Å². The third-order valence-electron chi connectivity index (χ3n) is 2.25. The minimum absolute atomic E-state index is 0. The molecule has 236 valence electrons. The van der Waals surface area contributed by atoms with Crippen LogP contribution in [-0.2, 0) is 16.5 Å². The Balaban J connectivity index is -0.0000000600. The predicted octanol–water partition coefficient (Wildman–Crippen LogP) is 11.7. The van der Waals surface area contributed by atoms with Gasteiger partial charge in [0.25, 0.3) is 0 Å². The molecule has 2 nitrogen and oxygen atoms in total. The van der Waals surface area contributed by atoms with E-state index in [2.05, 4.69) is 53.3 Å². The molecule has 0 radical (unpaired) electrons. The van der Waals surface area contributed by atoms with E-state index in [-0.39, 0.29) is 48.2 Å². The van der Waals surface area contributed by atoms with Crippen LogP contribution in [0.1, 0.15) is 13.8 Å². The summed E-state index contributed by atoms with van der Waals surface area (Å²) in [6.07, 6.45) is 6.13. The molecule has 0 aliphatic carbocycles. The van der Waals surface area contributed by atoms with Crippen molar-refractivity contribution >= 4 is 47.3 Å². The molecule has 0 fully saturated rings. The van der Waals surface area contributed by atoms with Crippen LogP contribution in [0, 0.1) is 22.7 Å². The van der Waals surface area contributed by atoms with Crippen molar-refractivity contribution in [1.82, 2.24) is 0 Å². The maximum Gasteiger partial charge on any atom is 2.00 e. The molecule has 0 aromatic heterocycles. The Morgan fingerprint density at radius 3 is 0.514 bits per heavy atom. The van der Waals surface area contributed by atoms with Gasteiger partial charge in [-0.2, -0.15) is 10.5 Å². The van der Waals surface area contributed by atoms with Gasteiger partial charge < -0.3 is 0 Å². The van der Waals surface area contributed by atoms with Gasteiger partial charge in [0.2, 0.25) is 0 Å². The van der Waals surface area contributed by atoms with Crippen molar-refractivity contribution in [3.05, 3.63) is 0 Å². The number of nitriles is 2. The molecule has 0 aromatic rings. The fraction of sp³-hybridized carbons (Fsp3) is 0.875. The van der Waals surface area contributed by atoms with Crippen LogP contribution in [0.15, 0.2) is 0 Å². The Morgan fingerprint density at radius 1 is 0.432 bits per heavy atom. The Kier molecular flexibility index (Phi) is 29.6. The smallest absolute Gasteiger partial charge is 2.00 e. The van der Waals surface area contributed by atoms with Crippen LogP contribution in [0.4, 0.5) is 50.4 Å². The normalized spacial score (nSPS) is 14.1. The van der Waals surface area contributed by atoms with Gasteiger partial charge in [-0.05, 0) is 31.7 Å². The Labute approximate surface area is 228 Å². The van der Waals surface area contributed by atoms with Crippen molar-refractivity contribution in [3.8, 4) is 12.1 Å². The van der Waals surface area contributed by atoms with E-state index in [1.165, 1.54) is 38.5 Å². The van der Waals surface area contributed by atoms with Crippen molar-refractivity contribution in [2.75, 3.05) is 78.0 Å². The van der Waals surface area contributed by atoms with Gasteiger partial charge in [0.1, 0.15) is 0 Å². The number of rotatable bonds is 6. The van der Waals surface area contributed by atoms with Crippen molar-refractivity contribution in [1.29, 1.82) is 10.5 Å². The first-order valence-electron chi connectivity index (χ1n) is 9.89. The van der Waals surface area contributed by atoms with Crippen molar-refractivity contribution in [2.45, 2.75) is 13.8 Å². The molecule has 0 unspecified atom stereocenters. The predicted molar refractivity (Wildman–Crippen MR) is 150 cm³/mol. The zero-order valence-corrected chi connectivity index (χ0v) is 29.2. The van der Waals surface area contributed by atoms with Gasteiger partial charge in [0.15, 0.2) is 0 Å². The Bertz CT molecular complexity index is 530. The fourth-order valence-corrected chi connectivity index (χ4v) is 9.00. The monoisotopic (exact) mass is 734 g/mol. The van der Waals surface area contributed by atoms with Crippen molar-refractivity contribution in [3.63, 3.8) is 0 Å². The van der Waals surface area contributed by atoms with Crippen LogP contribution in [0.5, 0.6) is 0 Å². The molecule has 0 aliphatic rings. The molecule has 0 heterocycles. The molecule has 0 rings (SSSR count). The first kappa shape index (κ1) is 54.3. The molecule has 0 aromatic carbocycles. The maximum absolute atomic E-state index is 10.7. The number of nitrogens with zero attached hydrogens (tertiary/aromatic N) is 2. The van der Waals surface area contributed by atoms with Crippen LogP contribution in [0.2, 0.25) is 0 Å². The van der Waals surface area contributed by atoms with Gasteiger partial charge in [-0.1, -0.05) is 0 Å². The minimum atomic E-state index is -10.7. The largest absolute Gasteiger partial charge is 2.00 e. The summed E-state index contributed by atoms with van der Waals surface area (Å²) in [6.45, 7) is 22.0. The van der Waals surface area contributed by atoms with Crippen LogP contribution in [0.3, 0.4) is 0 Å². The average molecular weight is 735 g/mol. The summed E-state index contributed by atoms with van der Waals surface area (Å²) in [5, 5.41) is 14.6. The van der Waals surface area contributed by atoms with E-state index in [4.69, 9.17) is 10.5 Å². The topological polar surface area (TPSA) is 47.6 Å². The third kappa shape index (κ3) is 367. The molecule has 0 bridgehead atoms. The van der Waals surface area contributed by atoms with E-state index < -0.39 is 15.6 Å². The zero-order chi connectivity index (χ0) is 31.4. The summed E-state index contributed by atoms with van der Waals surface area (Å²) < 4.78 is 118. The molecule has 37 heavy (non-hydrogen) atoms. The second-order valence-electron chi connectivity index (χ2n) is 8.19. The molecule has 0 saturated carbocycles. The van der Waals surface area contributed by atoms with E-state index in [0.717, 1.165) is 0 Å². The standard InChI is InChI=1S/2C6H16P2.2C2H3N.2F6P.Ni/c2*1-7(2)5-6-8(3)4;2*1-2-3;2*1-7(2,3,4,5)6;/h2*5-6H2,1-4H3;2*1H3;;;/q;;;;2*-1;+2/p+4. The SMILES string of the molecule is CC#N.CC#N.C[PH+](C)CC[PH+](C)C.C[PH+](C)CC[PH+](C)C.F[P-](F)(F)(F)(F)F.F[P-](F)(F)(F)(F)F.[Ni+2]. The van der Waals surface area contributed by atoms with Gasteiger partial charge in [-0.25, -0.2) is 0 Å². The number of hydrogen-bond donors (Lipinski definition) is 0. The molecule has 0 atom stereocenters. The van der Waals surface area contributed by atoms with Gasteiger partial charge in [0, 0.05) is 67.2 Å². The zero-order valence-electron chi connectivity index (χ0n) is 22.5. The molecule has 0 amide bonds. The Hall–Kier alpha value is 1.21. The van der Waals surface area contributed by atoms with Crippen molar-refractivity contribution < 1.29 is 66.9 Å². The summed E-state index contributed by atoms with van der Waals surface area (Å²) in [5.41, 5.74) is 0. The fourth-order valence-electron chi connectivity index (χ4n) is 1.000. The summed E-state index contributed by atoms with van der Waals surface area (Å²) >= 11 is 0. The van der Waals surface area contributed by atoms with Gasteiger partial charge in [-0.15, -0.1) is 0 Å². The van der Waals surface area contributed by atoms with Crippen LogP contribution >= 0.6 is 47.3 Å². The van der Waals surface area contributed by atoms with Crippen molar-refractivity contribution in [2.24, 2.45) is 0 Å². The van der Waals surface area contributed by atoms with E-state index in [9.17, 15) is 50.4 Å². The Morgan fingerprint density at radius 2 is 0.486 bits per heavy atom. The van der Waals surface area contributed by atoms with E-state index in [1.807, 2.05) is 0 Å². The molecular formula is C16H42F12N2NiP6+4. The quantitative estimate of drug-likeness (QED) is 0.155. The minimum Gasteiger partial charge on any atom is 2.00 e. The van der Waals surface area contributed by atoms with Crippen LogP contribution in [0.25, 0.3) is 0 Å². The van der Waals surface area contributed by atoms with E-state index in [1.54, 1.807) is 12.1 Å². The molecule has 21 heteroatoms. The van der Waals surface area contributed by atoms with Crippen LogP contribution < -0.4 is 0 Å². The maximum atomic E-state index is 9.87. The first-order chi connectivity index (χ1) is 15.0. The third-order valence-corrected chi connectivity index (χ3v) is 8.25. The second-order valence-corrected chi connectivity index (χ2v) is 23.7. The van der Waals surface area contributed by atoms with Gasteiger partial charge in [0.05, 0.1) is 36.8 Å². The van der Waals surface area contributed by atoms with Crippen LogP contribution in [-0.4, -0.2) is 78.0 Å². The summed E-state index contributed by atoms with van der Waals surface area (Å²) in [6, 6.07) is 3.50. The molecular weight excluding hydrogens is 693 g/mol. The summed E-state index contributed by atoms with van der Waals surface area (Å²) in [4.78, 5) is 0. The average Bonchev–Trinajstić information content (AvgIpc) is 2.47. The molecule has 0 N–H and O–H groups in total. The van der Waals surface area contributed by atoms with Gasteiger partial charge in [-0.3, -0.25) is 0 Å². The molecule has 0 saturated heterocycles. The second kappa shape index (κ2) is 20.1. The summed E-state index contributed by atoms with van der Waals surface area (Å²) in [7, 11) is -20.9. The van der Waals surface area contributed by atoms with E-state index in [0.29, 0.717) is 0 Å². The number of halogens is 12. The first-order valence-corrected chi connectivity index (χ1v) is 24.8. The number of hydrogen-bond acceptors (Lipinski definition) is 2. The summed E-state index contributed by atoms with van der Waals surface area (Å²) in [5.74, 6) is 0. The molecule has 0 spiro atoms.